The van der Waals surface area contributed by atoms with Crippen LogP contribution in [0, 0.1) is 5.41 Å². The first-order chi connectivity index (χ1) is 27.1. The third kappa shape index (κ3) is 4.16. The molecule has 6 heteroatoms. The summed E-state index contributed by atoms with van der Waals surface area (Å²) >= 11 is 0. The van der Waals surface area contributed by atoms with Crippen molar-refractivity contribution >= 4 is 43.1 Å². The number of aromatic hydroxyl groups is 4. The second-order valence-electron chi connectivity index (χ2n) is 16.5. The van der Waals surface area contributed by atoms with Crippen molar-refractivity contribution in [1.29, 1.82) is 0 Å². The number of fused-ring (bicyclic) bond motifs is 12. The van der Waals surface area contributed by atoms with Crippen LogP contribution in [0.5, 0.6) is 46.0 Å². The molecule has 4 N–H and O–H groups in total. The SMILES string of the molecule is CC1(C2(C3(C)c4c(ccc5cc(O)ccc45)Oc4ccc5cc(O)ccc5c43)CCCCC2)c2c(ccc3cc(O)ccc23)Oc2ccc3cc(O)ccc3c21. The maximum atomic E-state index is 10.8. The van der Waals surface area contributed by atoms with Crippen molar-refractivity contribution in [3.05, 3.63) is 144 Å². The number of benzene rings is 8. The molecular weight excluding hydrogens is 697 g/mol. The molecule has 6 nitrogen and oxygen atoms in total. The number of rotatable bonds is 2. The number of phenolic OH excluding ortho intramolecular Hbond substituents is 4. The van der Waals surface area contributed by atoms with Gasteiger partial charge in [0.1, 0.15) is 46.0 Å². The van der Waals surface area contributed by atoms with Crippen LogP contribution < -0.4 is 9.47 Å². The van der Waals surface area contributed by atoms with Crippen LogP contribution in [-0.4, -0.2) is 20.4 Å². The summed E-state index contributed by atoms with van der Waals surface area (Å²) < 4.78 is 14.0. The van der Waals surface area contributed by atoms with Crippen LogP contribution in [-0.2, 0) is 10.8 Å². The summed E-state index contributed by atoms with van der Waals surface area (Å²) in [5.41, 5.74) is 2.17. The van der Waals surface area contributed by atoms with E-state index in [4.69, 9.17) is 9.47 Å². The van der Waals surface area contributed by atoms with Crippen LogP contribution in [0.3, 0.4) is 0 Å². The Morgan fingerprint density at radius 2 is 0.661 bits per heavy atom. The molecule has 2 aliphatic heterocycles. The molecular formula is C50H40O6. The summed E-state index contributed by atoms with van der Waals surface area (Å²) in [6.45, 7) is 4.84. The Morgan fingerprint density at radius 1 is 0.375 bits per heavy atom. The van der Waals surface area contributed by atoms with Crippen LogP contribution >= 0.6 is 0 Å². The van der Waals surface area contributed by atoms with Gasteiger partial charge in [-0.1, -0.05) is 81.6 Å². The topological polar surface area (TPSA) is 99.4 Å². The van der Waals surface area contributed by atoms with Gasteiger partial charge >= 0.3 is 0 Å². The monoisotopic (exact) mass is 736 g/mol. The van der Waals surface area contributed by atoms with Crippen LogP contribution in [0.15, 0.2) is 121 Å². The Morgan fingerprint density at radius 3 is 0.946 bits per heavy atom. The fourth-order valence-corrected chi connectivity index (χ4v) is 11.7. The fourth-order valence-electron chi connectivity index (χ4n) is 11.7. The Kier molecular flexibility index (Phi) is 6.67. The smallest absolute Gasteiger partial charge is 0.132 e. The van der Waals surface area contributed by atoms with Gasteiger partial charge in [0.15, 0.2) is 0 Å². The molecule has 1 saturated carbocycles. The van der Waals surface area contributed by atoms with Crippen molar-refractivity contribution in [3.8, 4) is 46.0 Å². The van der Waals surface area contributed by atoms with Crippen LogP contribution in [0.1, 0.15) is 68.2 Å². The predicted octanol–water partition coefficient (Wildman–Crippen LogP) is 12.6. The van der Waals surface area contributed by atoms with Gasteiger partial charge < -0.3 is 29.9 Å². The van der Waals surface area contributed by atoms with Crippen molar-refractivity contribution in [2.24, 2.45) is 5.41 Å². The van der Waals surface area contributed by atoms with Crippen LogP contribution in [0.4, 0.5) is 0 Å². The Hall–Kier alpha value is -6.40. The van der Waals surface area contributed by atoms with E-state index in [-0.39, 0.29) is 23.0 Å². The third-order valence-corrected chi connectivity index (χ3v) is 13.9. The number of hydrogen-bond donors (Lipinski definition) is 4. The van der Waals surface area contributed by atoms with Crippen molar-refractivity contribution in [3.63, 3.8) is 0 Å². The van der Waals surface area contributed by atoms with E-state index in [2.05, 4.69) is 38.1 Å². The van der Waals surface area contributed by atoms with Gasteiger partial charge in [-0.2, -0.15) is 0 Å². The molecule has 56 heavy (non-hydrogen) atoms. The normalized spacial score (nSPS) is 17.4. The van der Waals surface area contributed by atoms with Gasteiger partial charge in [0.2, 0.25) is 0 Å². The largest absolute Gasteiger partial charge is 0.508 e. The van der Waals surface area contributed by atoms with Crippen LogP contribution in [0.25, 0.3) is 43.1 Å². The average molecular weight is 737 g/mol. The van der Waals surface area contributed by atoms with Gasteiger partial charge in [-0.15, -0.1) is 0 Å². The Balaban J connectivity index is 1.38. The molecule has 0 radical (unpaired) electrons. The summed E-state index contributed by atoms with van der Waals surface area (Å²) in [6, 6.07) is 38.9. The molecule has 0 saturated heterocycles. The predicted molar refractivity (Wildman–Crippen MR) is 221 cm³/mol. The zero-order valence-electron chi connectivity index (χ0n) is 31.2. The lowest BCUT2D eigenvalue weighted by atomic mass is 9.39. The first-order valence-corrected chi connectivity index (χ1v) is 19.5. The standard InChI is InChI=1S/C50H40O6/c1-48(44-36-14-10-32(51)24-28(36)6-18-40(44)55-41-19-7-29-25-33(52)11-15-37(29)45(41)48)50(22-4-3-5-23-50)49(2)46-38-16-12-34(53)26-30(38)8-20-42(46)56-43-21-9-31-27-35(54)13-17-39(31)47(43)49/h6-21,24-27,51-54H,3-5,22-23H2,1-2H3. The van der Waals surface area contributed by atoms with Crippen LogP contribution in [0.2, 0.25) is 0 Å². The lowest BCUT2D eigenvalue weighted by Crippen LogP contribution is -2.59. The summed E-state index contributed by atoms with van der Waals surface area (Å²) in [6.07, 6.45) is 4.82. The summed E-state index contributed by atoms with van der Waals surface area (Å²) in [5.74, 6) is 3.93. The third-order valence-electron chi connectivity index (χ3n) is 13.9. The zero-order chi connectivity index (χ0) is 38.1. The highest BCUT2D eigenvalue weighted by atomic mass is 16.5. The highest BCUT2D eigenvalue weighted by Crippen LogP contribution is 2.73. The summed E-state index contributed by atoms with van der Waals surface area (Å²) in [7, 11) is 0. The molecule has 0 bridgehead atoms. The zero-order valence-corrected chi connectivity index (χ0v) is 31.2. The molecule has 8 aromatic rings. The van der Waals surface area contributed by atoms with E-state index in [1.54, 1.807) is 24.3 Å². The van der Waals surface area contributed by atoms with Gasteiger partial charge in [0.05, 0.1) is 0 Å². The van der Waals surface area contributed by atoms with Gasteiger partial charge in [0, 0.05) is 33.1 Å². The summed E-state index contributed by atoms with van der Waals surface area (Å²) in [5, 5.41) is 50.9. The van der Waals surface area contributed by atoms with Crippen molar-refractivity contribution in [1.82, 2.24) is 0 Å². The minimum atomic E-state index is -0.762. The van der Waals surface area contributed by atoms with E-state index in [1.807, 2.05) is 72.8 Å². The van der Waals surface area contributed by atoms with E-state index in [9.17, 15) is 20.4 Å². The van der Waals surface area contributed by atoms with Gasteiger partial charge in [-0.3, -0.25) is 0 Å². The summed E-state index contributed by atoms with van der Waals surface area (Å²) in [4.78, 5) is 0. The van der Waals surface area contributed by atoms with Crippen molar-refractivity contribution in [2.75, 3.05) is 0 Å². The van der Waals surface area contributed by atoms with E-state index in [0.717, 1.165) is 120 Å². The van der Waals surface area contributed by atoms with Gasteiger partial charge in [-0.25, -0.2) is 0 Å². The molecule has 3 aliphatic rings. The van der Waals surface area contributed by atoms with E-state index in [1.165, 1.54) is 0 Å². The highest BCUT2D eigenvalue weighted by molar-refractivity contribution is 5.99. The molecule has 8 aromatic carbocycles. The number of phenols is 4. The maximum Gasteiger partial charge on any atom is 0.132 e. The molecule has 0 atom stereocenters. The van der Waals surface area contributed by atoms with Gasteiger partial charge in [0.25, 0.3) is 0 Å². The molecule has 0 spiro atoms. The molecule has 0 unspecified atom stereocenters. The number of hydrogen-bond acceptors (Lipinski definition) is 6. The maximum absolute atomic E-state index is 10.8. The average Bonchev–Trinajstić information content (AvgIpc) is 3.20. The number of ether oxygens (including phenoxy) is 2. The quantitative estimate of drug-likeness (QED) is 0.141. The second-order valence-corrected chi connectivity index (χ2v) is 16.5. The molecule has 1 fully saturated rings. The molecule has 0 aromatic heterocycles. The van der Waals surface area contributed by atoms with Gasteiger partial charge in [-0.05, 0) is 134 Å². The Bertz CT molecular complexity index is 2610. The fraction of sp³-hybridized carbons (Fsp3) is 0.200. The first kappa shape index (κ1) is 33.0. The molecule has 2 heterocycles. The minimum Gasteiger partial charge on any atom is -0.508 e. The minimum absolute atomic E-state index is 0.202. The molecule has 276 valence electrons. The molecule has 0 amide bonds. The van der Waals surface area contributed by atoms with E-state index >= 15 is 0 Å². The second kappa shape index (κ2) is 11.3. The first-order valence-electron chi connectivity index (χ1n) is 19.5. The van der Waals surface area contributed by atoms with Crippen molar-refractivity contribution < 1.29 is 29.9 Å². The van der Waals surface area contributed by atoms with E-state index in [0.29, 0.717) is 0 Å². The molecule has 1 aliphatic carbocycles. The highest BCUT2D eigenvalue weighted by Gasteiger charge is 2.66. The molecule has 11 rings (SSSR count). The van der Waals surface area contributed by atoms with E-state index < -0.39 is 16.2 Å². The van der Waals surface area contributed by atoms with Crippen molar-refractivity contribution in [2.45, 2.75) is 56.8 Å². The lowest BCUT2D eigenvalue weighted by Gasteiger charge is -2.63. The Labute approximate surface area is 323 Å². The lowest BCUT2D eigenvalue weighted by molar-refractivity contribution is 0.0219.